The fourth-order valence-corrected chi connectivity index (χ4v) is 5.57. The van der Waals surface area contributed by atoms with Gasteiger partial charge in [-0.2, -0.15) is 0 Å². The van der Waals surface area contributed by atoms with Crippen LogP contribution in [0.1, 0.15) is 5.56 Å². The summed E-state index contributed by atoms with van der Waals surface area (Å²) in [6.07, 6.45) is 0. The number of hydrogen-bond acceptors (Lipinski definition) is 1. The van der Waals surface area contributed by atoms with Gasteiger partial charge in [0, 0.05) is 0 Å². The summed E-state index contributed by atoms with van der Waals surface area (Å²) in [5.41, 5.74) is 1.01. The van der Waals surface area contributed by atoms with Crippen LogP contribution in [0.4, 0.5) is 0 Å². The van der Waals surface area contributed by atoms with Crippen molar-refractivity contribution >= 4 is 11.3 Å². The molecule has 0 amide bonds. The molecule has 1 aromatic rings. The maximum atomic E-state index is 8.83. The molecule has 0 spiro atoms. The Morgan fingerprint density at radius 2 is 2.10 bits per heavy atom. The molecule has 50 valence electrons. The summed E-state index contributed by atoms with van der Waals surface area (Å²) in [6, 6.07) is 7.84. The summed E-state index contributed by atoms with van der Waals surface area (Å²) in [4.78, 5) is 0. The number of aliphatic hydroxyl groups is 1. The number of aliphatic hydroxyl groups excluding tert-OH is 1. The van der Waals surface area contributed by atoms with Crippen molar-refractivity contribution in [3.05, 3.63) is 29.8 Å². The zero-order valence-corrected chi connectivity index (χ0v) is 11.8. The van der Waals surface area contributed by atoms with Gasteiger partial charge in [0.2, 0.25) is 0 Å². The standard InChI is InChI=1S/C7H7O.ClH.Hg/c8-6-7-4-2-1-3-5-7;;/h1-4,8H,6H2;1H;/q;;+1/p-1. The van der Waals surface area contributed by atoms with Crippen molar-refractivity contribution in [2.75, 3.05) is 0 Å². The predicted octanol–water partition coefficient (Wildman–Crippen LogP) is 1.04. The Kier molecular flexibility index (Phi) is 3.67. The first-order valence-electron chi connectivity index (χ1n) is 3.12. The van der Waals surface area contributed by atoms with E-state index < -0.39 is 23.3 Å². The Bertz CT molecular complexity index is 192. The molecule has 1 N–H and O–H groups in total. The van der Waals surface area contributed by atoms with Crippen molar-refractivity contribution in [1.82, 2.24) is 0 Å². The van der Waals surface area contributed by atoms with Gasteiger partial charge in [0.1, 0.15) is 0 Å². The Hall–Kier alpha value is 0.405. The minimum absolute atomic E-state index is 0.128. The van der Waals surface area contributed by atoms with Gasteiger partial charge in [-0.15, -0.1) is 0 Å². The first-order valence-corrected chi connectivity index (χ1v) is 12.6. The van der Waals surface area contributed by atoms with Gasteiger partial charge in [-0.3, -0.25) is 0 Å². The monoisotopic (exact) mass is 344 g/mol. The van der Waals surface area contributed by atoms with Crippen molar-refractivity contribution in [2.24, 2.45) is 0 Å². The average molecular weight is 343 g/mol. The molecule has 0 unspecified atom stereocenters. The molecule has 1 aromatic carbocycles. The third kappa shape index (κ3) is 1.94. The summed E-state index contributed by atoms with van der Waals surface area (Å²) < 4.78 is 1.23. The zero-order chi connectivity index (χ0) is 7.40. The van der Waals surface area contributed by atoms with E-state index >= 15 is 0 Å². The fraction of sp³-hybridized carbons (Fsp3) is 0.143. The Morgan fingerprint density at radius 1 is 1.40 bits per heavy atom. The molecule has 0 saturated carbocycles. The van der Waals surface area contributed by atoms with E-state index in [1.807, 2.05) is 24.3 Å². The SMILES string of the molecule is OCc1cccc[c]1[Hg][Cl]. The predicted molar refractivity (Wildman–Crippen MR) is 37.9 cm³/mol. The van der Waals surface area contributed by atoms with E-state index in [-0.39, 0.29) is 6.61 Å². The molecule has 0 bridgehead atoms. The van der Waals surface area contributed by atoms with E-state index in [0.717, 1.165) is 5.56 Å². The van der Waals surface area contributed by atoms with Gasteiger partial charge in [-0.05, 0) is 0 Å². The van der Waals surface area contributed by atoms with Crippen LogP contribution in [0.25, 0.3) is 0 Å². The zero-order valence-electron chi connectivity index (χ0n) is 5.55. The van der Waals surface area contributed by atoms with E-state index in [2.05, 4.69) is 0 Å². The van der Waals surface area contributed by atoms with Gasteiger partial charge in [0.15, 0.2) is 0 Å². The van der Waals surface area contributed by atoms with Crippen molar-refractivity contribution in [2.45, 2.75) is 6.61 Å². The Labute approximate surface area is 75.9 Å². The molecule has 0 aromatic heterocycles. The van der Waals surface area contributed by atoms with Crippen molar-refractivity contribution in [3.8, 4) is 0 Å². The maximum absolute atomic E-state index is 8.83. The second kappa shape index (κ2) is 4.32. The van der Waals surface area contributed by atoms with Crippen LogP contribution >= 0.6 is 8.25 Å². The molecule has 0 fully saturated rings. The molecular weight excluding hydrogens is 336 g/mol. The normalized spacial score (nSPS) is 9.00. The van der Waals surface area contributed by atoms with E-state index in [1.165, 1.54) is 3.07 Å². The molecule has 0 heterocycles. The van der Waals surface area contributed by atoms with Crippen molar-refractivity contribution in [1.29, 1.82) is 0 Å². The molecule has 0 atom stereocenters. The number of hydrogen-bond donors (Lipinski definition) is 1. The molecule has 0 aliphatic carbocycles. The van der Waals surface area contributed by atoms with Crippen molar-refractivity contribution < 1.29 is 28.4 Å². The molecule has 3 heteroatoms. The van der Waals surface area contributed by atoms with Crippen LogP contribution < -0.4 is 3.07 Å². The molecule has 0 saturated heterocycles. The first kappa shape index (κ1) is 8.50. The molecule has 0 radical (unpaired) electrons. The first-order chi connectivity index (χ1) is 4.88. The van der Waals surface area contributed by atoms with E-state index in [4.69, 9.17) is 13.4 Å². The van der Waals surface area contributed by atoms with E-state index in [9.17, 15) is 0 Å². The summed E-state index contributed by atoms with van der Waals surface area (Å²) in [5.74, 6) is 0. The van der Waals surface area contributed by atoms with Gasteiger partial charge < -0.3 is 0 Å². The van der Waals surface area contributed by atoms with Gasteiger partial charge in [-0.25, -0.2) is 0 Å². The summed E-state index contributed by atoms with van der Waals surface area (Å²) >= 11 is -1.30. The van der Waals surface area contributed by atoms with Crippen molar-refractivity contribution in [3.63, 3.8) is 0 Å². The second-order valence-corrected chi connectivity index (χ2v) is 8.41. The molecular formula is C7H7ClHgO. The number of halogens is 1. The number of benzene rings is 1. The van der Waals surface area contributed by atoms with E-state index in [1.54, 1.807) is 0 Å². The number of rotatable bonds is 2. The molecule has 1 nitrogen and oxygen atoms in total. The average Bonchev–Trinajstić information content (AvgIpc) is 2.04. The third-order valence-corrected chi connectivity index (χ3v) is 7.76. The molecule has 0 aliphatic rings. The molecule has 1 rings (SSSR count). The van der Waals surface area contributed by atoms with Crippen LogP contribution in [0.5, 0.6) is 0 Å². The van der Waals surface area contributed by atoms with Crippen LogP contribution in [-0.4, -0.2) is 5.11 Å². The summed E-state index contributed by atoms with van der Waals surface area (Å²) in [5, 5.41) is 8.83. The van der Waals surface area contributed by atoms with Crippen LogP contribution in [0.2, 0.25) is 0 Å². The fourth-order valence-electron chi connectivity index (χ4n) is 0.842. The summed E-state index contributed by atoms with van der Waals surface area (Å²) in [7, 11) is 5.82. The molecule has 10 heavy (non-hydrogen) atoms. The van der Waals surface area contributed by atoms with Crippen LogP contribution in [-0.2, 0) is 29.9 Å². The van der Waals surface area contributed by atoms with Crippen LogP contribution in [0.3, 0.4) is 0 Å². The van der Waals surface area contributed by atoms with Gasteiger partial charge in [0.05, 0.1) is 0 Å². The third-order valence-electron chi connectivity index (χ3n) is 1.43. The van der Waals surface area contributed by atoms with Gasteiger partial charge in [0.25, 0.3) is 0 Å². The van der Waals surface area contributed by atoms with Crippen LogP contribution in [0, 0.1) is 0 Å². The quantitative estimate of drug-likeness (QED) is 0.796. The second-order valence-electron chi connectivity index (χ2n) is 2.06. The van der Waals surface area contributed by atoms with Gasteiger partial charge in [-0.1, -0.05) is 0 Å². The summed E-state index contributed by atoms with van der Waals surface area (Å²) in [6.45, 7) is 0.128. The van der Waals surface area contributed by atoms with E-state index in [0.29, 0.717) is 0 Å². The Balaban J connectivity index is 2.96. The van der Waals surface area contributed by atoms with Crippen LogP contribution in [0.15, 0.2) is 24.3 Å². The topological polar surface area (TPSA) is 20.2 Å². The Morgan fingerprint density at radius 3 is 2.60 bits per heavy atom. The van der Waals surface area contributed by atoms with Gasteiger partial charge >= 0.3 is 76.2 Å². The molecule has 0 aliphatic heterocycles. The minimum atomic E-state index is -1.30.